The van der Waals surface area contributed by atoms with Crippen LogP contribution in [0.3, 0.4) is 0 Å². The molecule has 0 unspecified atom stereocenters. The molecule has 96 valence electrons. The Bertz CT molecular complexity index is 463. The molecule has 2 aliphatic rings. The molecular formula is C15H19NO2. The zero-order valence-corrected chi connectivity index (χ0v) is 11.0. The van der Waals surface area contributed by atoms with Gasteiger partial charge in [-0.2, -0.15) is 0 Å². The van der Waals surface area contributed by atoms with Crippen LogP contribution in [0.2, 0.25) is 0 Å². The molecule has 1 aliphatic carbocycles. The van der Waals surface area contributed by atoms with Gasteiger partial charge in [0, 0.05) is 6.54 Å². The van der Waals surface area contributed by atoms with E-state index in [2.05, 4.69) is 12.1 Å². The first-order valence-electron chi connectivity index (χ1n) is 6.54. The highest BCUT2D eigenvalue weighted by Gasteiger charge is 2.57. The van der Waals surface area contributed by atoms with Crippen molar-refractivity contribution in [1.82, 2.24) is 4.90 Å². The number of morpholine rings is 1. The van der Waals surface area contributed by atoms with Crippen LogP contribution in [0.5, 0.6) is 0 Å². The Kier molecular flexibility index (Phi) is 2.49. The Morgan fingerprint density at radius 1 is 1.22 bits per heavy atom. The van der Waals surface area contributed by atoms with Crippen LogP contribution < -0.4 is 0 Å². The predicted octanol–water partition coefficient (Wildman–Crippen LogP) is 2.36. The van der Waals surface area contributed by atoms with Gasteiger partial charge in [-0.1, -0.05) is 30.3 Å². The number of nitrogens with zero attached hydrogens (tertiary/aromatic N) is 1. The molecule has 0 N–H and O–H groups in total. The van der Waals surface area contributed by atoms with Gasteiger partial charge in [0.25, 0.3) is 5.91 Å². The summed E-state index contributed by atoms with van der Waals surface area (Å²) in [4.78, 5) is 14.5. The van der Waals surface area contributed by atoms with E-state index in [-0.39, 0.29) is 11.4 Å². The number of rotatable bonds is 2. The van der Waals surface area contributed by atoms with Gasteiger partial charge in [-0.25, -0.2) is 0 Å². The van der Waals surface area contributed by atoms with Crippen molar-refractivity contribution in [2.75, 3.05) is 6.61 Å². The number of hydrogen-bond donors (Lipinski definition) is 0. The maximum atomic E-state index is 12.5. The number of ether oxygens (including phenoxy) is 1. The quantitative estimate of drug-likeness (QED) is 0.800. The molecule has 1 aromatic carbocycles. The summed E-state index contributed by atoms with van der Waals surface area (Å²) in [6.45, 7) is 5.11. The van der Waals surface area contributed by atoms with E-state index in [1.165, 1.54) is 5.56 Å². The van der Waals surface area contributed by atoms with Gasteiger partial charge >= 0.3 is 0 Å². The number of carbonyl (C=O) groups is 1. The van der Waals surface area contributed by atoms with Gasteiger partial charge < -0.3 is 9.64 Å². The maximum absolute atomic E-state index is 12.5. The minimum atomic E-state index is -0.678. The van der Waals surface area contributed by atoms with E-state index in [0.717, 1.165) is 12.8 Å². The van der Waals surface area contributed by atoms with Crippen LogP contribution in [0.4, 0.5) is 0 Å². The summed E-state index contributed by atoms with van der Waals surface area (Å²) >= 11 is 0. The van der Waals surface area contributed by atoms with E-state index in [0.29, 0.717) is 13.2 Å². The van der Waals surface area contributed by atoms with Crippen LogP contribution in [0.1, 0.15) is 32.3 Å². The smallest absolute Gasteiger partial charge is 0.255 e. The van der Waals surface area contributed by atoms with Crippen molar-refractivity contribution in [3.05, 3.63) is 35.9 Å². The Balaban J connectivity index is 1.86. The highest BCUT2D eigenvalue weighted by molar-refractivity contribution is 5.86. The molecule has 3 rings (SSSR count). The van der Waals surface area contributed by atoms with E-state index in [9.17, 15) is 4.79 Å². The fourth-order valence-corrected chi connectivity index (χ4v) is 2.56. The predicted molar refractivity (Wildman–Crippen MR) is 69.0 cm³/mol. The molecular weight excluding hydrogens is 226 g/mol. The van der Waals surface area contributed by atoms with E-state index >= 15 is 0 Å². The van der Waals surface area contributed by atoms with E-state index < -0.39 is 5.60 Å². The summed E-state index contributed by atoms with van der Waals surface area (Å²) < 4.78 is 5.73. The highest BCUT2D eigenvalue weighted by atomic mass is 16.5. The van der Waals surface area contributed by atoms with Crippen molar-refractivity contribution in [2.45, 2.75) is 44.4 Å². The second-order valence-corrected chi connectivity index (χ2v) is 5.90. The van der Waals surface area contributed by atoms with E-state index in [1.54, 1.807) is 0 Å². The molecule has 1 heterocycles. The standard InChI is InChI=1S/C15H19NO2/c1-14(2)13(17)16(15(8-9-15)11-18-14)10-12-6-4-3-5-7-12/h3-7H,8-11H2,1-2H3. The van der Waals surface area contributed by atoms with Crippen LogP contribution in [0.15, 0.2) is 30.3 Å². The first-order valence-corrected chi connectivity index (χ1v) is 6.54. The summed E-state index contributed by atoms with van der Waals surface area (Å²) in [5.41, 5.74) is 0.500. The molecule has 1 aromatic rings. The Morgan fingerprint density at radius 2 is 1.89 bits per heavy atom. The summed E-state index contributed by atoms with van der Waals surface area (Å²) in [6, 6.07) is 10.2. The number of carbonyl (C=O) groups excluding carboxylic acids is 1. The van der Waals surface area contributed by atoms with Crippen molar-refractivity contribution in [1.29, 1.82) is 0 Å². The molecule has 0 radical (unpaired) electrons. The number of amides is 1. The Morgan fingerprint density at radius 3 is 2.50 bits per heavy atom. The molecule has 18 heavy (non-hydrogen) atoms. The van der Waals surface area contributed by atoms with Crippen LogP contribution in [0.25, 0.3) is 0 Å². The molecule has 0 atom stereocenters. The lowest BCUT2D eigenvalue weighted by molar-refractivity contribution is -0.178. The fraction of sp³-hybridized carbons (Fsp3) is 0.533. The third-order valence-corrected chi connectivity index (χ3v) is 4.05. The summed E-state index contributed by atoms with van der Waals surface area (Å²) in [5, 5.41) is 0. The minimum absolute atomic E-state index is 0.0115. The maximum Gasteiger partial charge on any atom is 0.255 e. The van der Waals surface area contributed by atoms with Gasteiger partial charge in [-0.15, -0.1) is 0 Å². The van der Waals surface area contributed by atoms with Crippen molar-refractivity contribution < 1.29 is 9.53 Å². The first-order chi connectivity index (χ1) is 8.54. The average molecular weight is 245 g/mol. The highest BCUT2D eigenvalue weighted by Crippen LogP contribution is 2.47. The third kappa shape index (κ3) is 1.83. The molecule has 3 nitrogen and oxygen atoms in total. The lowest BCUT2D eigenvalue weighted by atomic mass is 10.0. The zero-order valence-electron chi connectivity index (χ0n) is 11.0. The molecule has 1 saturated heterocycles. The van der Waals surface area contributed by atoms with Crippen molar-refractivity contribution >= 4 is 5.91 Å². The van der Waals surface area contributed by atoms with Crippen LogP contribution >= 0.6 is 0 Å². The van der Waals surface area contributed by atoms with Gasteiger partial charge in [0.15, 0.2) is 0 Å². The summed E-state index contributed by atoms with van der Waals surface area (Å²) in [5.74, 6) is 0.120. The first kappa shape index (κ1) is 11.7. The molecule has 1 saturated carbocycles. The Hall–Kier alpha value is -1.35. The van der Waals surface area contributed by atoms with Crippen LogP contribution in [0, 0.1) is 0 Å². The second kappa shape index (κ2) is 3.82. The molecule has 1 aliphatic heterocycles. The fourth-order valence-electron chi connectivity index (χ4n) is 2.56. The number of benzene rings is 1. The van der Waals surface area contributed by atoms with Gasteiger partial charge in [0.2, 0.25) is 0 Å². The van der Waals surface area contributed by atoms with Crippen molar-refractivity contribution in [3.63, 3.8) is 0 Å². The minimum Gasteiger partial charge on any atom is -0.363 e. The normalized spacial score (nSPS) is 24.3. The third-order valence-electron chi connectivity index (χ3n) is 4.05. The van der Waals surface area contributed by atoms with Gasteiger partial charge in [0.1, 0.15) is 5.60 Å². The Labute approximate surface area is 108 Å². The molecule has 0 aromatic heterocycles. The number of hydrogen-bond acceptors (Lipinski definition) is 2. The van der Waals surface area contributed by atoms with Gasteiger partial charge in [-0.05, 0) is 32.3 Å². The molecule has 2 fully saturated rings. The van der Waals surface area contributed by atoms with Gasteiger partial charge in [0.05, 0.1) is 12.1 Å². The largest absolute Gasteiger partial charge is 0.363 e. The average Bonchev–Trinajstić information content (AvgIpc) is 3.14. The molecule has 1 amide bonds. The molecule has 0 bridgehead atoms. The van der Waals surface area contributed by atoms with E-state index in [1.807, 2.05) is 36.9 Å². The zero-order chi connectivity index (χ0) is 12.8. The van der Waals surface area contributed by atoms with Crippen molar-refractivity contribution in [2.24, 2.45) is 0 Å². The van der Waals surface area contributed by atoms with Gasteiger partial charge in [-0.3, -0.25) is 4.79 Å². The monoisotopic (exact) mass is 245 g/mol. The molecule has 3 heteroatoms. The topological polar surface area (TPSA) is 29.5 Å². The van der Waals surface area contributed by atoms with Crippen molar-refractivity contribution in [3.8, 4) is 0 Å². The lowest BCUT2D eigenvalue weighted by Gasteiger charge is -2.43. The summed E-state index contributed by atoms with van der Waals surface area (Å²) in [6.07, 6.45) is 2.14. The second-order valence-electron chi connectivity index (χ2n) is 5.90. The van der Waals surface area contributed by atoms with Crippen LogP contribution in [-0.4, -0.2) is 28.6 Å². The lowest BCUT2D eigenvalue weighted by Crippen LogP contribution is -2.59. The molecule has 1 spiro atoms. The van der Waals surface area contributed by atoms with E-state index in [4.69, 9.17) is 4.74 Å². The summed E-state index contributed by atoms with van der Waals surface area (Å²) in [7, 11) is 0. The SMILES string of the molecule is CC1(C)OCC2(CC2)N(Cc2ccccc2)C1=O. The van der Waals surface area contributed by atoms with Crippen LogP contribution in [-0.2, 0) is 16.1 Å².